The maximum atomic E-state index is 13.1. The minimum Gasteiger partial charge on any atom is -0.462 e. The molecule has 0 aliphatic carbocycles. The molecule has 2 heterocycles. The third kappa shape index (κ3) is 5.69. The molecular weight excluding hydrogens is 510 g/mol. The third-order valence-electron chi connectivity index (χ3n) is 6.21. The molecule has 37 heavy (non-hydrogen) atoms. The summed E-state index contributed by atoms with van der Waals surface area (Å²) in [5.74, 6) is 2.21. The molecule has 0 N–H and O–H groups in total. The highest BCUT2D eigenvalue weighted by molar-refractivity contribution is 7.89. The number of aromatic nitrogens is 1. The van der Waals surface area contributed by atoms with Crippen molar-refractivity contribution in [3.05, 3.63) is 58.4 Å². The molecule has 2 unspecified atom stereocenters. The van der Waals surface area contributed by atoms with Crippen LogP contribution < -0.4 is 4.80 Å². The van der Waals surface area contributed by atoms with Gasteiger partial charge >= 0.3 is 5.97 Å². The second kappa shape index (κ2) is 11.0. The van der Waals surface area contributed by atoms with E-state index in [2.05, 4.69) is 24.8 Å². The highest BCUT2D eigenvalue weighted by atomic mass is 32.2. The van der Waals surface area contributed by atoms with Gasteiger partial charge in [-0.1, -0.05) is 31.1 Å². The summed E-state index contributed by atoms with van der Waals surface area (Å²) in [6.45, 7) is 7.28. The number of esters is 1. The van der Waals surface area contributed by atoms with Gasteiger partial charge in [0.25, 0.3) is 5.91 Å². The number of amides is 1. The summed E-state index contributed by atoms with van der Waals surface area (Å²) in [4.78, 5) is 29.9. The van der Waals surface area contributed by atoms with Crippen molar-refractivity contribution in [2.24, 2.45) is 16.8 Å². The van der Waals surface area contributed by atoms with Crippen molar-refractivity contribution < 1.29 is 22.7 Å². The first-order valence-electron chi connectivity index (χ1n) is 12.1. The van der Waals surface area contributed by atoms with E-state index in [1.165, 1.54) is 39.9 Å². The quantitative estimate of drug-likeness (QED) is 0.349. The van der Waals surface area contributed by atoms with Gasteiger partial charge in [-0.05, 0) is 67.6 Å². The van der Waals surface area contributed by atoms with E-state index in [0.717, 1.165) is 16.6 Å². The fourth-order valence-electron chi connectivity index (χ4n) is 4.62. The first-order valence-corrected chi connectivity index (χ1v) is 14.3. The summed E-state index contributed by atoms with van der Waals surface area (Å²) in [5.41, 5.74) is 1.40. The van der Waals surface area contributed by atoms with Gasteiger partial charge in [-0.2, -0.15) is 9.30 Å². The molecule has 1 amide bonds. The Morgan fingerprint density at radius 2 is 1.76 bits per heavy atom. The lowest BCUT2D eigenvalue weighted by molar-refractivity contribution is 0.0526. The SMILES string of the molecule is C#CCn1c(=NC(=O)c2ccc(S(=O)(=O)N3CC(C)CC(C)C3)cc2)sc2cc(C(=O)OCC)ccc21. The van der Waals surface area contributed by atoms with Crippen LogP contribution in [0.5, 0.6) is 0 Å². The second-order valence-electron chi connectivity index (χ2n) is 9.29. The summed E-state index contributed by atoms with van der Waals surface area (Å²) in [7, 11) is -3.65. The number of carbonyl (C=O) groups is 2. The van der Waals surface area contributed by atoms with Crippen molar-refractivity contribution in [1.82, 2.24) is 8.87 Å². The van der Waals surface area contributed by atoms with E-state index in [1.807, 2.05) is 0 Å². The number of hydrogen-bond donors (Lipinski definition) is 0. The van der Waals surface area contributed by atoms with Gasteiger partial charge in [-0.15, -0.1) is 6.42 Å². The fourth-order valence-corrected chi connectivity index (χ4v) is 7.36. The van der Waals surface area contributed by atoms with Gasteiger partial charge in [0.2, 0.25) is 10.0 Å². The fraction of sp³-hybridized carbons (Fsp3) is 0.370. The molecule has 4 rings (SSSR count). The van der Waals surface area contributed by atoms with Crippen LogP contribution in [0, 0.1) is 24.2 Å². The number of sulfonamides is 1. The van der Waals surface area contributed by atoms with E-state index >= 15 is 0 Å². The number of ether oxygens (including phenoxy) is 1. The van der Waals surface area contributed by atoms with Gasteiger partial charge in [0, 0.05) is 18.7 Å². The molecule has 2 atom stereocenters. The molecule has 10 heteroatoms. The average Bonchev–Trinajstić information content (AvgIpc) is 3.20. The number of hydrogen-bond acceptors (Lipinski definition) is 6. The molecule has 2 aromatic carbocycles. The van der Waals surface area contributed by atoms with Crippen LogP contribution in [0.1, 0.15) is 47.9 Å². The highest BCUT2D eigenvalue weighted by Gasteiger charge is 2.31. The van der Waals surface area contributed by atoms with Crippen LogP contribution in [-0.4, -0.2) is 48.9 Å². The molecule has 1 aromatic heterocycles. The number of terminal acetylenes is 1. The van der Waals surface area contributed by atoms with Gasteiger partial charge in [-0.25, -0.2) is 13.2 Å². The van der Waals surface area contributed by atoms with Crippen LogP contribution in [0.15, 0.2) is 52.4 Å². The third-order valence-corrected chi connectivity index (χ3v) is 9.10. The van der Waals surface area contributed by atoms with Gasteiger partial charge in [0.15, 0.2) is 4.80 Å². The van der Waals surface area contributed by atoms with E-state index in [9.17, 15) is 18.0 Å². The summed E-state index contributed by atoms with van der Waals surface area (Å²) in [6, 6.07) is 11.0. The highest BCUT2D eigenvalue weighted by Crippen LogP contribution is 2.27. The van der Waals surface area contributed by atoms with Crippen LogP contribution in [-0.2, 0) is 21.3 Å². The number of carbonyl (C=O) groups excluding carboxylic acids is 2. The van der Waals surface area contributed by atoms with E-state index in [0.29, 0.717) is 35.3 Å². The molecule has 1 fully saturated rings. The number of rotatable bonds is 6. The Morgan fingerprint density at radius 3 is 2.38 bits per heavy atom. The Balaban J connectivity index is 1.64. The first-order chi connectivity index (χ1) is 17.6. The monoisotopic (exact) mass is 539 g/mol. The van der Waals surface area contributed by atoms with Crippen molar-refractivity contribution in [2.75, 3.05) is 19.7 Å². The lowest BCUT2D eigenvalue weighted by Crippen LogP contribution is -2.42. The number of benzene rings is 2. The minimum atomic E-state index is -3.65. The molecule has 0 bridgehead atoms. The van der Waals surface area contributed by atoms with Gasteiger partial charge in [-0.3, -0.25) is 4.79 Å². The van der Waals surface area contributed by atoms with Crippen molar-refractivity contribution in [3.8, 4) is 12.3 Å². The van der Waals surface area contributed by atoms with Crippen LogP contribution in [0.2, 0.25) is 0 Å². The molecule has 3 aromatic rings. The average molecular weight is 540 g/mol. The second-order valence-corrected chi connectivity index (χ2v) is 12.2. The Bertz CT molecular complexity index is 1540. The van der Waals surface area contributed by atoms with Crippen molar-refractivity contribution in [2.45, 2.75) is 38.6 Å². The zero-order valence-electron chi connectivity index (χ0n) is 21.0. The van der Waals surface area contributed by atoms with E-state index in [1.54, 1.807) is 29.7 Å². The van der Waals surface area contributed by atoms with Crippen LogP contribution in [0.3, 0.4) is 0 Å². The van der Waals surface area contributed by atoms with Crippen LogP contribution in [0.25, 0.3) is 10.2 Å². The first kappa shape index (κ1) is 26.8. The van der Waals surface area contributed by atoms with E-state index < -0.39 is 21.9 Å². The number of thiazole rings is 1. The van der Waals surface area contributed by atoms with Gasteiger partial charge in [0.05, 0.1) is 33.8 Å². The minimum absolute atomic E-state index is 0.154. The summed E-state index contributed by atoms with van der Waals surface area (Å²) < 4.78 is 35.4. The molecule has 8 nitrogen and oxygen atoms in total. The summed E-state index contributed by atoms with van der Waals surface area (Å²) >= 11 is 1.23. The van der Waals surface area contributed by atoms with E-state index in [4.69, 9.17) is 11.2 Å². The Hall–Kier alpha value is -3.26. The van der Waals surface area contributed by atoms with Crippen LogP contribution in [0.4, 0.5) is 0 Å². The van der Waals surface area contributed by atoms with Crippen molar-refractivity contribution in [1.29, 1.82) is 0 Å². The molecule has 1 saturated heterocycles. The van der Waals surface area contributed by atoms with Crippen molar-refractivity contribution >= 4 is 43.5 Å². The molecule has 0 spiro atoms. The molecule has 1 aliphatic heterocycles. The van der Waals surface area contributed by atoms with Gasteiger partial charge < -0.3 is 9.30 Å². The lowest BCUT2D eigenvalue weighted by atomic mass is 9.94. The predicted octanol–water partition coefficient (Wildman–Crippen LogP) is 3.92. The number of piperidine rings is 1. The van der Waals surface area contributed by atoms with Gasteiger partial charge in [0.1, 0.15) is 0 Å². The summed E-state index contributed by atoms with van der Waals surface area (Å²) in [5, 5.41) is 0. The number of nitrogens with zero attached hydrogens (tertiary/aromatic N) is 3. The van der Waals surface area contributed by atoms with E-state index in [-0.39, 0.29) is 23.6 Å². The van der Waals surface area contributed by atoms with Crippen molar-refractivity contribution in [3.63, 3.8) is 0 Å². The molecule has 0 saturated carbocycles. The Labute approximate surface area is 220 Å². The molecular formula is C27H29N3O5S2. The standard InChI is InChI=1S/C27H29N3O5S2/c1-5-13-30-23-12-9-21(26(32)35-6-2)15-24(23)36-27(30)28-25(31)20-7-10-22(11-8-20)37(33,34)29-16-18(3)14-19(4)17-29/h1,7-12,15,18-19H,6,13-14,16-17H2,2-4H3. The smallest absolute Gasteiger partial charge is 0.338 e. The topological polar surface area (TPSA) is 98.0 Å². The molecule has 1 aliphatic rings. The lowest BCUT2D eigenvalue weighted by Gasteiger charge is -2.34. The summed E-state index contributed by atoms with van der Waals surface area (Å²) in [6.07, 6.45) is 6.55. The molecule has 194 valence electrons. The number of fused-ring (bicyclic) bond motifs is 1. The Kier molecular flexibility index (Phi) is 7.97. The predicted molar refractivity (Wildman–Crippen MR) is 143 cm³/mol. The maximum Gasteiger partial charge on any atom is 0.338 e. The zero-order chi connectivity index (χ0) is 26.7. The maximum absolute atomic E-state index is 13.1. The largest absolute Gasteiger partial charge is 0.462 e. The normalized spacial score (nSPS) is 19.0. The van der Waals surface area contributed by atoms with Crippen LogP contribution >= 0.6 is 11.3 Å². The molecule has 0 radical (unpaired) electrons. The Morgan fingerprint density at radius 1 is 1.11 bits per heavy atom. The zero-order valence-corrected chi connectivity index (χ0v) is 22.6.